The lowest BCUT2D eigenvalue weighted by molar-refractivity contribution is 0.0692. The van der Waals surface area contributed by atoms with Crippen molar-refractivity contribution in [1.29, 1.82) is 0 Å². The minimum Gasteiger partial charge on any atom is -0.478 e. The van der Waals surface area contributed by atoms with E-state index in [1.807, 2.05) is 0 Å². The quantitative estimate of drug-likeness (QED) is 0.865. The van der Waals surface area contributed by atoms with E-state index >= 15 is 0 Å². The molecule has 3 rings (SSSR count). The minimum absolute atomic E-state index is 0.270. The number of aromatic carboxylic acids is 1. The highest BCUT2D eigenvalue weighted by Crippen LogP contribution is 2.45. The monoisotopic (exact) mass is 249 g/mol. The van der Waals surface area contributed by atoms with Gasteiger partial charge < -0.3 is 10.4 Å². The SMILES string of the molecule is O=C(O)c1ccc(NC2CC3CCC2C3)cc1F. The van der Waals surface area contributed by atoms with Gasteiger partial charge in [0, 0.05) is 11.7 Å². The van der Waals surface area contributed by atoms with E-state index < -0.39 is 11.8 Å². The summed E-state index contributed by atoms with van der Waals surface area (Å²) in [6.45, 7) is 0. The van der Waals surface area contributed by atoms with Gasteiger partial charge in [-0.15, -0.1) is 0 Å². The molecule has 3 unspecified atom stereocenters. The van der Waals surface area contributed by atoms with Crippen molar-refractivity contribution < 1.29 is 14.3 Å². The van der Waals surface area contributed by atoms with Crippen LogP contribution in [0.1, 0.15) is 36.0 Å². The van der Waals surface area contributed by atoms with Crippen LogP contribution >= 0.6 is 0 Å². The Hall–Kier alpha value is -1.58. The molecule has 2 saturated carbocycles. The molecule has 3 atom stereocenters. The van der Waals surface area contributed by atoms with Crippen molar-refractivity contribution in [3.05, 3.63) is 29.6 Å². The number of hydrogen-bond donors (Lipinski definition) is 2. The molecule has 2 bridgehead atoms. The summed E-state index contributed by atoms with van der Waals surface area (Å²) in [5, 5.41) is 12.1. The minimum atomic E-state index is -1.22. The first-order valence-corrected chi connectivity index (χ1v) is 6.43. The fraction of sp³-hybridized carbons (Fsp3) is 0.500. The largest absolute Gasteiger partial charge is 0.478 e. The van der Waals surface area contributed by atoms with E-state index in [4.69, 9.17) is 5.11 Å². The molecule has 0 radical (unpaired) electrons. The molecule has 1 aromatic carbocycles. The highest BCUT2D eigenvalue weighted by molar-refractivity contribution is 5.88. The number of carboxylic acids is 1. The van der Waals surface area contributed by atoms with Crippen molar-refractivity contribution in [3.63, 3.8) is 0 Å². The Bertz CT molecular complexity index is 489. The number of anilines is 1. The summed E-state index contributed by atoms with van der Waals surface area (Å²) < 4.78 is 13.5. The Morgan fingerprint density at radius 2 is 2.17 bits per heavy atom. The number of benzene rings is 1. The lowest BCUT2D eigenvalue weighted by Gasteiger charge is -2.24. The molecule has 2 aliphatic rings. The molecule has 2 fully saturated rings. The van der Waals surface area contributed by atoms with E-state index in [0.29, 0.717) is 17.6 Å². The summed E-state index contributed by atoms with van der Waals surface area (Å²) >= 11 is 0. The van der Waals surface area contributed by atoms with Crippen LogP contribution in [0.25, 0.3) is 0 Å². The number of rotatable bonds is 3. The smallest absolute Gasteiger partial charge is 0.338 e. The molecule has 1 aromatic rings. The first-order valence-electron chi connectivity index (χ1n) is 6.43. The molecule has 18 heavy (non-hydrogen) atoms. The summed E-state index contributed by atoms with van der Waals surface area (Å²) in [6.07, 6.45) is 5.04. The van der Waals surface area contributed by atoms with Gasteiger partial charge >= 0.3 is 5.97 Å². The first kappa shape index (κ1) is 11.5. The third kappa shape index (κ3) is 1.96. The fourth-order valence-electron chi connectivity index (χ4n) is 3.41. The van der Waals surface area contributed by atoms with Gasteiger partial charge in [0.25, 0.3) is 0 Å². The number of fused-ring (bicyclic) bond motifs is 2. The van der Waals surface area contributed by atoms with Crippen LogP contribution in [0.2, 0.25) is 0 Å². The van der Waals surface area contributed by atoms with Crippen LogP contribution in [0, 0.1) is 17.7 Å². The molecule has 2 N–H and O–H groups in total. The number of carboxylic acid groups (broad SMARTS) is 1. The third-order valence-corrected chi connectivity index (χ3v) is 4.29. The predicted octanol–water partition coefficient (Wildman–Crippen LogP) is 3.12. The zero-order valence-corrected chi connectivity index (χ0v) is 10.0. The van der Waals surface area contributed by atoms with Crippen LogP contribution in [-0.2, 0) is 0 Å². The maximum Gasteiger partial charge on any atom is 0.338 e. The predicted molar refractivity (Wildman–Crippen MR) is 66.2 cm³/mol. The maximum atomic E-state index is 13.5. The van der Waals surface area contributed by atoms with Crippen molar-refractivity contribution in [2.75, 3.05) is 5.32 Å². The zero-order chi connectivity index (χ0) is 12.7. The van der Waals surface area contributed by atoms with Crippen LogP contribution < -0.4 is 5.32 Å². The lowest BCUT2D eigenvalue weighted by Crippen LogP contribution is -2.25. The van der Waals surface area contributed by atoms with E-state index in [9.17, 15) is 9.18 Å². The maximum absolute atomic E-state index is 13.5. The molecule has 0 amide bonds. The lowest BCUT2D eigenvalue weighted by atomic mass is 9.95. The molecular weight excluding hydrogens is 233 g/mol. The van der Waals surface area contributed by atoms with Crippen molar-refractivity contribution in [3.8, 4) is 0 Å². The van der Waals surface area contributed by atoms with Crippen LogP contribution in [-0.4, -0.2) is 17.1 Å². The highest BCUT2D eigenvalue weighted by atomic mass is 19.1. The second kappa shape index (κ2) is 4.26. The normalized spacial score (nSPS) is 29.5. The van der Waals surface area contributed by atoms with E-state index in [1.54, 1.807) is 6.07 Å². The van der Waals surface area contributed by atoms with Crippen molar-refractivity contribution in [2.45, 2.75) is 31.7 Å². The summed E-state index contributed by atoms with van der Waals surface area (Å²) in [5.41, 5.74) is 0.420. The standard InChI is InChI=1S/C14H16FNO2/c15-12-7-10(3-4-11(12)14(17)18)16-13-6-8-1-2-9(13)5-8/h3-4,7-9,13,16H,1-2,5-6H2,(H,17,18). The first-order chi connectivity index (χ1) is 8.63. The second-order valence-corrected chi connectivity index (χ2v) is 5.43. The third-order valence-electron chi connectivity index (χ3n) is 4.29. The average Bonchev–Trinajstić information content (AvgIpc) is 2.90. The number of hydrogen-bond acceptors (Lipinski definition) is 2. The van der Waals surface area contributed by atoms with Gasteiger partial charge in [-0.1, -0.05) is 6.42 Å². The molecule has 0 heterocycles. The molecule has 4 heteroatoms. The van der Waals surface area contributed by atoms with Crippen LogP contribution in [0.3, 0.4) is 0 Å². The summed E-state index contributed by atoms with van der Waals surface area (Å²) in [6, 6.07) is 4.69. The van der Waals surface area contributed by atoms with Crippen molar-refractivity contribution in [2.24, 2.45) is 11.8 Å². The van der Waals surface area contributed by atoms with Crippen LogP contribution in [0.4, 0.5) is 10.1 Å². The summed E-state index contributed by atoms with van der Waals surface area (Å²) in [7, 11) is 0. The van der Waals surface area contributed by atoms with E-state index in [0.717, 1.165) is 12.3 Å². The topological polar surface area (TPSA) is 49.3 Å². The van der Waals surface area contributed by atoms with E-state index in [1.165, 1.54) is 31.4 Å². The van der Waals surface area contributed by atoms with E-state index in [2.05, 4.69) is 5.32 Å². The molecule has 0 spiro atoms. The number of carbonyl (C=O) groups is 1. The Morgan fingerprint density at radius 1 is 1.33 bits per heavy atom. The van der Waals surface area contributed by atoms with Gasteiger partial charge in [0.2, 0.25) is 0 Å². The Kier molecular flexibility index (Phi) is 2.73. The van der Waals surface area contributed by atoms with Gasteiger partial charge in [0.05, 0.1) is 5.56 Å². The highest BCUT2D eigenvalue weighted by Gasteiger charge is 2.39. The fourth-order valence-corrected chi connectivity index (χ4v) is 3.41. The van der Waals surface area contributed by atoms with Gasteiger partial charge in [-0.3, -0.25) is 0 Å². The van der Waals surface area contributed by atoms with Gasteiger partial charge in [0.15, 0.2) is 0 Å². The van der Waals surface area contributed by atoms with Crippen LogP contribution in [0.5, 0.6) is 0 Å². The van der Waals surface area contributed by atoms with Crippen molar-refractivity contribution >= 4 is 11.7 Å². The summed E-state index contributed by atoms with van der Waals surface area (Å²) in [5.74, 6) is -0.359. The molecule has 0 aliphatic heterocycles. The van der Waals surface area contributed by atoms with Crippen LogP contribution in [0.15, 0.2) is 18.2 Å². The zero-order valence-electron chi connectivity index (χ0n) is 10.0. The van der Waals surface area contributed by atoms with Gasteiger partial charge in [-0.2, -0.15) is 0 Å². The molecule has 2 aliphatic carbocycles. The Labute approximate surface area is 105 Å². The Balaban J connectivity index is 1.74. The number of nitrogens with one attached hydrogen (secondary N) is 1. The van der Waals surface area contributed by atoms with Gasteiger partial charge in [-0.05, 0) is 49.3 Å². The van der Waals surface area contributed by atoms with Gasteiger partial charge in [-0.25, -0.2) is 9.18 Å². The van der Waals surface area contributed by atoms with Gasteiger partial charge in [0.1, 0.15) is 5.82 Å². The molecular formula is C14H16FNO2. The van der Waals surface area contributed by atoms with E-state index in [-0.39, 0.29) is 5.56 Å². The van der Waals surface area contributed by atoms with Crippen molar-refractivity contribution in [1.82, 2.24) is 0 Å². The molecule has 0 aromatic heterocycles. The summed E-state index contributed by atoms with van der Waals surface area (Å²) in [4.78, 5) is 10.7. The second-order valence-electron chi connectivity index (χ2n) is 5.43. The molecule has 96 valence electrons. The molecule has 0 saturated heterocycles. The average molecular weight is 249 g/mol. The number of halogens is 1. The molecule has 3 nitrogen and oxygen atoms in total. The Morgan fingerprint density at radius 3 is 2.72 bits per heavy atom.